The first kappa shape index (κ1) is 21.5. The second-order valence-electron chi connectivity index (χ2n) is 6.76. The number of hydrogen-bond donors (Lipinski definition) is 2. The third-order valence-electron chi connectivity index (χ3n) is 4.04. The molecule has 1 aliphatic heterocycles. The van der Waals surface area contributed by atoms with E-state index in [1.165, 1.54) is 24.3 Å². The van der Waals surface area contributed by atoms with E-state index in [9.17, 15) is 18.8 Å². The maximum atomic E-state index is 13.7. The second kappa shape index (κ2) is 9.08. The lowest BCUT2D eigenvalue weighted by Crippen LogP contribution is -2.38. The molecule has 7 nitrogen and oxygen atoms in total. The highest BCUT2D eigenvalue weighted by molar-refractivity contribution is 9.10. The van der Waals surface area contributed by atoms with Gasteiger partial charge in [-0.3, -0.25) is 9.59 Å². The topological polar surface area (TPSA) is 87.7 Å². The molecule has 0 spiro atoms. The minimum Gasteiger partial charge on any atom is -0.490 e. The molecule has 2 aromatic carbocycles. The first-order valence-corrected chi connectivity index (χ1v) is 9.89. The van der Waals surface area contributed by atoms with Crippen molar-refractivity contribution >= 4 is 45.5 Å². The largest absolute Gasteiger partial charge is 0.490 e. The van der Waals surface area contributed by atoms with Crippen molar-refractivity contribution in [2.75, 3.05) is 11.9 Å². The summed E-state index contributed by atoms with van der Waals surface area (Å²) < 4.78 is 20.0. The number of nitrogens with zero attached hydrogens (tertiary/aromatic N) is 1. The number of benzene rings is 2. The number of para-hydroxylation sites is 1. The van der Waals surface area contributed by atoms with Crippen LogP contribution in [0.25, 0.3) is 6.08 Å². The highest BCUT2D eigenvalue weighted by atomic mass is 79.9. The number of ether oxygens (including phenoxy) is 1. The summed E-state index contributed by atoms with van der Waals surface area (Å²) in [6.45, 7) is 3.28. The highest BCUT2D eigenvalue weighted by Crippen LogP contribution is 2.28. The monoisotopic (exact) mass is 475 g/mol. The van der Waals surface area contributed by atoms with Crippen LogP contribution in [0.1, 0.15) is 19.4 Å². The van der Waals surface area contributed by atoms with Crippen molar-refractivity contribution in [3.8, 4) is 5.75 Å². The van der Waals surface area contributed by atoms with Gasteiger partial charge >= 0.3 is 6.03 Å². The molecule has 0 saturated carbocycles. The van der Waals surface area contributed by atoms with Crippen molar-refractivity contribution in [3.05, 3.63) is 64.0 Å². The third-order valence-corrected chi connectivity index (χ3v) is 4.66. The minimum atomic E-state index is -0.728. The molecule has 3 rings (SSSR count). The van der Waals surface area contributed by atoms with E-state index in [0.29, 0.717) is 15.8 Å². The van der Waals surface area contributed by atoms with Gasteiger partial charge in [0.25, 0.3) is 5.91 Å². The lowest BCUT2D eigenvalue weighted by molar-refractivity contribution is -0.127. The lowest BCUT2D eigenvalue weighted by atomic mass is 10.2. The van der Waals surface area contributed by atoms with Crippen molar-refractivity contribution < 1.29 is 23.5 Å². The van der Waals surface area contributed by atoms with Gasteiger partial charge in [0.2, 0.25) is 5.91 Å². The van der Waals surface area contributed by atoms with Crippen LogP contribution in [0.5, 0.6) is 5.75 Å². The molecule has 0 bridgehead atoms. The summed E-state index contributed by atoms with van der Waals surface area (Å²) in [7, 11) is 0. The average molecular weight is 476 g/mol. The minimum absolute atomic E-state index is 0.00488. The Morgan fingerprint density at radius 3 is 2.67 bits per heavy atom. The third kappa shape index (κ3) is 5.04. The maximum absolute atomic E-state index is 13.7. The van der Waals surface area contributed by atoms with Crippen LogP contribution in [-0.4, -0.2) is 35.4 Å². The van der Waals surface area contributed by atoms with Gasteiger partial charge in [-0.1, -0.05) is 18.2 Å². The highest BCUT2D eigenvalue weighted by Gasteiger charge is 2.35. The molecule has 0 aliphatic carbocycles. The smallest absolute Gasteiger partial charge is 0.329 e. The Labute approximate surface area is 181 Å². The molecule has 1 aliphatic rings. The molecule has 156 valence electrons. The average Bonchev–Trinajstić information content (AvgIpc) is 2.93. The fraction of sp³-hybridized carbons (Fsp3) is 0.190. The van der Waals surface area contributed by atoms with Gasteiger partial charge in [-0.25, -0.2) is 14.1 Å². The normalized spacial score (nSPS) is 15.0. The van der Waals surface area contributed by atoms with Crippen molar-refractivity contribution in [2.45, 2.75) is 20.0 Å². The second-order valence-corrected chi connectivity index (χ2v) is 7.62. The zero-order valence-corrected chi connectivity index (χ0v) is 17.8. The Morgan fingerprint density at radius 1 is 1.27 bits per heavy atom. The lowest BCUT2D eigenvalue weighted by Gasteiger charge is -2.12. The predicted molar refractivity (Wildman–Crippen MR) is 113 cm³/mol. The summed E-state index contributed by atoms with van der Waals surface area (Å²) in [5, 5.41) is 4.79. The Kier molecular flexibility index (Phi) is 6.51. The van der Waals surface area contributed by atoms with E-state index in [0.717, 1.165) is 4.90 Å². The molecule has 1 fully saturated rings. The number of carbonyl (C=O) groups excluding carboxylic acids is 3. The van der Waals surface area contributed by atoms with Crippen LogP contribution in [0.3, 0.4) is 0 Å². The van der Waals surface area contributed by atoms with E-state index in [4.69, 9.17) is 4.74 Å². The van der Waals surface area contributed by atoms with Crippen LogP contribution < -0.4 is 15.4 Å². The Hall–Kier alpha value is -3.20. The fourth-order valence-corrected chi connectivity index (χ4v) is 3.22. The van der Waals surface area contributed by atoms with E-state index in [-0.39, 0.29) is 17.5 Å². The predicted octanol–water partition coefficient (Wildman–Crippen LogP) is 3.91. The van der Waals surface area contributed by atoms with Crippen molar-refractivity contribution in [2.24, 2.45) is 0 Å². The summed E-state index contributed by atoms with van der Waals surface area (Å²) in [4.78, 5) is 37.6. The van der Waals surface area contributed by atoms with Crippen molar-refractivity contribution in [1.82, 2.24) is 10.2 Å². The molecular weight excluding hydrogens is 457 g/mol. The summed E-state index contributed by atoms with van der Waals surface area (Å²) in [5.41, 5.74) is 0.654. The number of anilines is 1. The molecule has 0 radical (unpaired) electrons. The maximum Gasteiger partial charge on any atom is 0.329 e. The molecule has 9 heteroatoms. The van der Waals surface area contributed by atoms with Crippen LogP contribution in [0, 0.1) is 5.82 Å². The Balaban J connectivity index is 1.70. The molecule has 0 aromatic heterocycles. The SMILES string of the molecule is CC(C)Oc1ccc(/C=C2/NC(=O)N(CC(=O)Nc3ccccc3F)C2=O)cc1Br. The van der Waals surface area contributed by atoms with Crippen LogP contribution in [0.2, 0.25) is 0 Å². The van der Waals surface area contributed by atoms with Gasteiger partial charge in [0.1, 0.15) is 23.8 Å². The van der Waals surface area contributed by atoms with Crippen LogP contribution in [0.4, 0.5) is 14.9 Å². The zero-order valence-electron chi connectivity index (χ0n) is 16.2. The number of nitrogens with one attached hydrogen (secondary N) is 2. The number of rotatable bonds is 6. The molecule has 4 amide bonds. The van der Waals surface area contributed by atoms with E-state index >= 15 is 0 Å². The van der Waals surface area contributed by atoms with E-state index in [1.807, 2.05) is 13.8 Å². The number of imide groups is 1. The number of amides is 4. The number of hydrogen-bond acceptors (Lipinski definition) is 4. The first-order valence-electron chi connectivity index (χ1n) is 9.09. The van der Waals surface area contributed by atoms with Crippen LogP contribution in [0.15, 0.2) is 52.6 Å². The van der Waals surface area contributed by atoms with Gasteiger partial charge in [-0.15, -0.1) is 0 Å². The van der Waals surface area contributed by atoms with Crippen LogP contribution >= 0.6 is 15.9 Å². The Morgan fingerprint density at radius 2 is 2.00 bits per heavy atom. The van der Waals surface area contributed by atoms with Gasteiger partial charge in [0, 0.05) is 0 Å². The summed E-state index contributed by atoms with van der Waals surface area (Å²) in [6.07, 6.45) is 1.50. The number of halogens is 2. The van der Waals surface area contributed by atoms with Crippen molar-refractivity contribution in [3.63, 3.8) is 0 Å². The molecular formula is C21H19BrFN3O4. The molecule has 0 unspecified atom stereocenters. The number of carbonyl (C=O) groups is 3. The Bertz CT molecular complexity index is 1040. The molecule has 0 atom stereocenters. The van der Waals surface area contributed by atoms with Crippen LogP contribution in [-0.2, 0) is 9.59 Å². The zero-order chi connectivity index (χ0) is 21.8. The molecule has 30 heavy (non-hydrogen) atoms. The molecule has 2 N–H and O–H groups in total. The van der Waals surface area contributed by atoms with Gasteiger partial charge < -0.3 is 15.4 Å². The molecule has 1 saturated heterocycles. The fourth-order valence-electron chi connectivity index (χ4n) is 2.73. The van der Waals surface area contributed by atoms with Gasteiger partial charge in [0.05, 0.1) is 16.3 Å². The van der Waals surface area contributed by atoms with Crippen molar-refractivity contribution in [1.29, 1.82) is 0 Å². The number of urea groups is 1. The van der Waals surface area contributed by atoms with E-state index < -0.39 is 30.2 Å². The molecule has 1 heterocycles. The van der Waals surface area contributed by atoms with E-state index in [2.05, 4.69) is 26.6 Å². The van der Waals surface area contributed by atoms with Gasteiger partial charge in [-0.05, 0) is 65.7 Å². The van der Waals surface area contributed by atoms with E-state index in [1.54, 1.807) is 24.3 Å². The summed E-state index contributed by atoms with van der Waals surface area (Å²) >= 11 is 3.41. The van der Waals surface area contributed by atoms with Gasteiger partial charge in [-0.2, -0.15) is 0 Å². The quantitative estimate of drug-likeness (QED) is 0.489. The van der Waals surface area contributed by atoms with Gasteiger partial charge in [0.15, 0.2) is 0 Å². The first-order chi connectivity index (χ1) is 14.2. The molecule has 2 aromatic rings. The summed E-state index contributed by atoms with van der Waals surface area (Å²) in [5.74, 6) is -1.30. The summed E-state index contributed by atoms with van der Waals surface area (Å²) in [6, 6.07) is 10.1. The standard InChI is InChI=1S/C21H19BrFN3O4/c1-12(2)30-18-8-7-13(9-14(18)22)10-17-20(28)26(21(29)25-17)11-19(27)24-16-6-4-3-5-15(16)23/h3-10,12H,11H2,1-2H3,(H,24,27)(H,25,29)/b17-10+.